The molecular formula is C18H24O3S. The molecule has 0 aliphatic carbocycles. The highest BCUT2D eigenvalue weighted by atomic mass is 32.2. The molecule has 0 aliphatic heterocycles. The zero-order valence-corrected chi connectivity index (χ0v) is 14.4. The average molecular weight is 320 g/mol. The van der Waals surface area contributed by atoms with E-state index in [4.69, 9.17) is 0 Å². The predicted octanol–water partition coefficient (Wildman–Crippen LogP) is 4.48. The minimum absolute atomic E-state index is 0.0197. The van der Waals surface area contributed by atoms with Crippen molar-refractivity contribution < 1.29 is 13.0 Å². The maximum Gasteiger partial charge on any atom is 0.295 e. The minimum atomic E-state index is -4.23. The van der Waals surface area contributed by atoms with E-state index in [1.807, 2.05) is 12.1 Å². The van der Waals surface area contributed by atoms with Crippen LogP contribution in [0.25, 0.3) is 10.8 Å². The molecule has 0 amide bonds. The van der Waals surface area contributed by atoms with Crippen molar-refractivity contribution in [1.29, 1.82) is 0 Å². The summed E-state index contributed by atoms with van der Waals surface area (Å²) in [5.74, 6) is 0.896. The van der Waals surface area contributed by atoms with Gasteiger partial charge < -0.3 is 0 Å². The molecule has 4 heteroatoms. The van der Waals surface area contributed by atoms with Gasteiger partial charge in [0.15, 0.2) is 0 Å². The van der Waals surface area contributed by atoms with Gasteiger partial charge in [0.05, 0.1) is 0 Å². The Kier molecular flexibility index (Phi) is 4.93. The van der Waals surface area contributed by atoms with Crippen molar-refractivity contribution in [3.05, 3.63) is 41.5 Å². The van der Waals surface area contributed by atoms with Crippen molar-refractivity contribution in [2.75, 3.05) is 0 Å². The molecule has 0 heterocycles. The largest absolute Gasteiger partial charge is 0.295 e. The second-order valence-electron chi connectivity index (χ2n) is 6.73. The smallest absolute Gasteiger partial charge is 0.282 e. The molecule has 2 rings (SSSR count). The highest BCUT2D eigenvalue weighted by Gasteiger charge is 2.19. The molecule has 0 atom stereocenters. The molecule has 0 saturated heterocycles. The van der Waals surface area contributed by atoms with E-state index >= 15 is 0 Å². The van der Waals surface area contributed by atoms with Gasteiger partial charge in [0.2, 0.25) is 0 Å². The Bertz CT molecular complexity index is 774. The molecule has 0 fully saturated rings. The van der Waals surface area contributed by atoms with Crippen LogP contribution in [0.5, 0.6) is 0 Å². The normalized spacial score (nSPS) is 12.5. The van der Waals surface area contributed by atoms with E-state index in [1.165, 1.54) is 11.6 Å². The summed E-state index contributed by atoms with van der Waals surface area (Å²) in [5.41, 5.74) is 2.22. The van der Waals surface area contributed by atoms with Gasteiger partial charge >= 0.3 is 0 Å². The van der Waals surface area contributed by atoms with Gasteiger partial charge in [-0.2, -0.15) is 8.42 Å². The fraction of sp³-hybridized carbons (Fsp3) is 0.444. The first-order chi connectivity index (χ1) is 10.2. The fourth-order valence-electron chi connectivity index (χ4n) is 2.95. The molecule has 0 aromatic heterocycles. The van der Waals surface area contributed by atoms with E-state index in [2.05, 4.69) is 33.8 Å². The average Bonchev–Trinajstić information content (AvgIpc) is 2.38. The van der Waals surface area contributed by atoms with Gasteiger partial charge in [0.25, 0.3) is 10.1 Å². The molecule has 22 heavy (non-hydrogen) atoms. The van der Waals surface area contributed by atoms with Crippen molar-refractivity contribution in [2.24, 2.45) is 11.8 Å². The Balaban J connectivity index is 2.83. The van der Waals surface area contributed by atoms with Crippen molar-refractivity contribution in [3.63, 3.8) is 0 Å². The standard InChI is InChI=1S/C18H24O3S/c1-12(2)10-15-9-8-14-6-5-7-17(22(19,20)21)18(14)16(15)11-13(3)4/h5-9,12-13H,10-11H2,1-4H3,(H,19,20,21). The zero-order valence-electron chi connectivity index (χ0n) is 13.6. The molecule has 2 aromatic rings. The van der Waals surface area contributed by atoms with Crippen molar-refractivity contribution in [3.8, 4) is 0 Å². The third kappa shape index (κ3) is 3.68. The lowest BCUT2D eigenvalue weighted by molar-refractivity contribution is 0.484. The zero-order chi connectivity index (χ0) is 16.5. The van der Waals surface area contributed by atoms with Crippen LogP contribution in [0.2, 0.25) is 0 Å². The maximum atomic E-state index is 11.8. The van der Waals surface area contributed by atoms with E-state index in [9.17, 15) is 13.0 Å². The molecule has 0 unspecified atom stereocenters. The summed E-state index contributed by atoms with van der Waals surface area (Å²) < 4.78 is 33.1. The third-order valence-electron chi connectivity index (χ3n) is 3.73. The van der Waals surface area contributed by atoms with Gasteiger partial charge in [-0.25, -0.2) is 0 Å². The maximum absolute atomic E-state index is 11.8. The highest BCUT2D eigenvalue weighted by Crippen LogP contribution is 2.31. The first-order valence-electron chi connectivity index (χ1n) is 7.71. The Morgan fingerprint density at radius 1 is 0.955 bits per heavy atom. The summed E-state index contributed by atoms with van der Waals surface area (Å²) >= 11 is 0. The first-order valence-corrected chi connectivity index (χ1v) is 9.15. The van der Waals surface area contributed by atoms with Gasteiger partial charge in [-0.1, -0.05) is 52.0 Å². The number of rotatable bonds is 5. The monoisotopic (exact) mass is 320 g/mol. The molecule has 2 aromatic carbocycles. The first kappa shape index (κ1) is 17.0. The van der Waals surface area contributed by atoms with Crippen molar-refractivity contribution >= 4 is 20.9 Å². The lowest BCUT2D eigenvalue weighted by Crippen LogP contribution is -2.07. The van der Waals surface area contributed by atoms with Gasteiger partial charge in [-0.15, -0.1) is 0 Å². The summed E-state index contributed by atoms with van der Waals surface area (Å²) in [5, 5.41) is 1.54. The molecule has 0 spiro atoms. The molecule has 1 N–H and O–H groups in total. The van der Waals surface area contributed by atoms with Gasteiger partial charge in [-0.3, -0.25) is 4.55 Å². The number of fused-ring (bicyclic) bond motifs is 1. The van der Waals surface area contributed by atoms with E-state index in [0.29, 0.717) is 17.2 Å². The van der Waals surface area contributed by atoms with Gasteiger partial charge in [0, 0.05) is 5.39 Å². The molecule has 0 saturated carbocycles. The number of hydrogen-bond donors (Lipinski definition) is 1. The van der Waals surface area contributed by atoms with E-state index < -0.39 is 10.1 Å². The van der Waals surface area contributed by atoms with E-state index in [0.717, 1.165) is 23.8 Å². The highest BCUT2D eigenvalue weighted by molar-refractivity contribution is 7.86. The molecule has 3 nitrogen and oxygen atoms in total. The summed E-state index contributed by atoms with van der Waals surface area (Å²) in [7, 11) is -4.23. The summed E-state index contributed by atoms with van der Waals surface area (Å²) in [6.45, 7) is 8.54. The number of benzene rings is 2. The summed E-state index contributed by atoms with van der Waals surface area (Å²) in [4.78, 5) is 0.0197. The quantitative estimate of drug-likeness (QED) is 0.826. The van der Waals surface area contributed by atoms with E-state index in [1.54, 1.807) is 6.07 Å². The van der Waals surface area contributed by atoms with Crippen LogP contribution in [0.3, 0.4) is 0 Å². The molecule has 0 bridgehead atoms. The fourth-order valence-corrected chi connectivity index (χ4v) is 3.70. The molecule has 0 aliphatic rings. The Labute approximate surface area is 133 Å². The lowest BCUT2D eigenvalue weighted by atomic mass is 9.89. The summed E-state index contributed by atoms with van der Waals surface area (Å²) in [6.07, 6.45) is 1.70. The minimum Gasteiger partial charge on any atom is -0.282 e. The Hall–Kier alpha value is -1.39. The molecule has 120 valence electrons. The molecule has 0 radical (unpaired) electrons. The second kappa shape index (κ2) is 6.39. The topological polar surface area (TPSA) is 54.4 Å². The Morgan fingerprint density at radius 3 is 2.14 bits per heavy atom. The SMILES string of the molecule is CC(C)Cc1ccc2cccc(S(=O)(=O)O)c2c1CC(C)C. The van der Waals surface area contributed by atoms with Crippen LogP contribution in [0.4, 0.5) is 0 Å². The van der Waals surface area contributed by atoms with Crippen LogP contribution < -0.4 is 0 Å². The van der Waals surface area contributed by atoms with Gasteiger partial charge in [-0.05, 0) is 47.3 Å². The van der Waals surface area contributed by atoms with Crippen LogP contribution in [0.15, 0.2) is 35.2 Å². The van der Waals surface area contributed by atoms with Crippen molar-refractivity contribution in [2.45, 2.75) is 45.4 Å². The van der Waals surface area contributed by atoms with E-state index in [-0.39, 0.29) is 4.90 Å². The summed E-state index contributed by atoms with van der Waals surface area (Å²) in [6, 6.07) is 9.10. The Morgan fingerprint density at radius 2 is 1.59 bits per heavy atom. The number of hydrogen-bond acceptors (Lipinski definition) is 2. The second-order valence-corrected chi connectivity index (χ2v) is 8.12. The van der Waals surface area contributed by atoms with Crippen LogP contribution in [-0.4, -0.2) is 13.0 Å². The lowest BCUT2D eigenvalue weighted by Gasteiger charge is -2.18. The molecular weight excluding hydrogens is 296 g/mol. The van der Waals surface area contributed by atoms with Crippen LogP contribution in [-0.2, 0) is 23.0 Å². The predicted molar refractivity (Wildman–Crippen MR) is 90.8 cm³/mol. The third-order valence-corrected chi connectivity index (χ3v) is 4.63. The van der Waals surface area contributed by atoms with Crippen LogP contribution >= 0.6 is 0 Å². The van der Waals surface area contributed by atoms with Crippen LogP contribution in [0.1, 0.15) is 38.8 Å². The van der Waals surface area contributed by atoms with Gasteiger partial charge in [0.1, 0.15) is 4.90 Å². The van der Waals surface area contributed by atoms with Crippen molar-refractivity contribution in [1.82, 2.24) is 0 Å². The van der Waals surface area contributed by atoms with Crippen LogP contribution in [0, 0.1) is 11.8 Å².